The van der Waals surface area contributed by atoms with E-state index in [2.05, 4.69) is 5.32 Å². The average molecular weight is 616 g/mol. The van der Waals surface area contributed by atoms with E-state index in [4.69, 9.17) is 61.6 Å². The second-order valence-corrected chi connectivity index (χ2v) is 8.32. The quantitative estimate of drug-likeness (QED) is 0.0796. The van der Waals surface area contributed by atoms with Crippen LogP contribution < -0.4 is 5.32 Å². The minimum Gasteiger partial charge on any atom is -0.441 e. The molecule has 1 N–H and O–H groups in total. The highest BCUT2D eigenvalue weighted by Crippen LogP contribution is 2.01. The van der Waals surface area contributed by atoms with Gasteiger partial charge in [-0.15, -0.1) is 0 Å². The number of carbonyl (C=O) groups is 2. The van der Waals surface area contributed by atoms with Crippen LogP contribution in [0.1, 0.15) is 0 Å². The number of nitrogens with one attached hydrogen (secondary N) is 1. The van der Waals surface area contributed by atoms with Crippen molar-refractivity contribution in [3.63, 3.8) is 0 Å². The minimum absolute atomic E-state index is 0.0455. The lowest BCUT2D eigenvalue weighted by Gasteiger charge is -2.10. The van der Waals surface area contributed by atoms with Crippen molar-refractivity contribution in [1.82, 2.24) is 5.32 Å². The van der Waals surface area contributed by atoms with Gasteiger partial charge >= 0.3 is 12.2 Å². The zero-order valence-corrected chi connectivity index (χ0v) is 24.8. The van der Waals surface area contributed by atoms with Gasteiger partial charge in [-0.25, -0.2) is 9.59 Å². The molecular weight excluding hydrogens is 566 g/mol. The third kappa shape index (κ3) is 27.0. The molecule has 16 nitrogen and oxygen atoms in total. The van der Waals surface area contributed by atoms with Crippen LogP contribution in [0.4, 0.5) is 9.59 Å². The number of carbonyl (C=O) groups excluding carboxylic acids is 2. The first-order chi connectivity index (χ1) is 20.7. The zero-order valence-electron chi connectivity index (χ0n) is 24.8. The van der Waals surface area contributed by atoms with E-state index >= 15 is 0 Å². The summed E-state index contributed by atoms with van der Waals surface area (Å²) in [4.78, 5) is 22.3. The summed E-state index contributed by atoms with van der Waals surface area (Å²) in [5.41, 5.74) is 0. The minimum atomic E-state index is -0.843. The maximum Gasteiger partial charge on any atom is 0.508 e. The van der Waals surface area contributed by atoms with Gasteiger partial charge in [0, 0.05) is 7.11 Å². The van der Waals surface area contributed by atoms with E-state index in [1.54, 1.807) is 7.11 Å². The molecule has 1 saturated heterocycles. The van der Waals surface area contributed by atoms with Gasteiger partial charge in [0.2, 0.25) is 0 Å². The number of amides is 1. The SMILES string of the molecule is COCCOCCOCCOCCOCCOCCOCCOCCOCCOCCOC(=O)OC[C@@H]1CNC(=O)O1. The van der Waals surface area contributed by atoms with Gasteiger partial charge in [-0.2, -0.15) is 0 Å². The monoisotopic (exact) mass is 615 g/mol. The number of hydrogen-bond acceptors (Lipinski definition) is 15. The molecule has 1 aliphatic rings. The Morgan fingerprint density at radius 1 is 0.571 bits per heavy atom. The Morgan fingerprint density at radius 3 is 1.21 bits per heavy atom. The van der Waals surface area contributed by atoms with Gasteiger partial charge in [-0.05, 0) is 0 Å². The fourth-order valence-corrected chi connectivity index (χ4v) is 2.92. The number of hydrogen-bond donors (Lipinski definition) is 1. The molecule has 0 bridgehead atoms. The van der Waals surface area contributed by atoms with Gasteiger partial charge in [0.1, 0.15) is 13.2 Å². The largest absolute Gasteiger partial charge is 0.508 e. The number of ether oxygens (including phenoxy) is 13. The molecule has 0 saturated carbocycles. The predicted molar refractivity (Wildman–Crippen MR) is 145 cm³/mol. The lowest BCUT2D eigenvalue weighted by atomic mass is 10.4. The molecule has 0 spiro atoms. The highest BCUT2D eigenvalue weighted by atomic mass is 16.7. The summed E-state index contributed by atoms with van der Waals surface area (Å²) in [6.07, 6.45) is -1.87. The topological polar surface area (TPSA) is 166 Å². The highest BCUT2D eigenvalue weighted by Gasteiger charge is 2.24. The van der Waals surface area contributed by atoms with Crippen molar-refractivity contribution in [2.75, 3.05) is 152 Å². The van der Waals surface area contributed by atoms with Crippen LogP contribution in [-0.2, 0) is 61.6 Å². The van der Waals surface area contributed by atoms with Crippen molar-refractivity contribution < 1.29 is 71.2 Å². The fraction of sp³-hybridized carbons (Fsp3) is 0.923. The van der Waals surface area contributed by atoms with Crippen molar-refractivity contribution in [2.24, 2.45) is 0 Å². The van der Waals surface area contributed by atoms with E-state index < -0.39 is 18.4 Å². The maximum absolute atomic E-state index is 11.4. The zero-order chi connectivity index (χ0) is 30.2. The Kier molecular flexibility index (Phi) is 27.8. The summed E-state index contributed by atoms with van der Waals surface area (Å²) in [5.74, 6) is 0. The van der Waals surface area contributed by atoms with E-state index in [1.807, 2.05) is 0 Å². The Morgan fingerprint density at radius 2 is 0.905 bits per heavy atom. The van der Waals surface area contributed by atoms with Gasteiger partial charge < -0.3 is 66.9 Å². The molecule has 1 heterocycles. The van der Waals surface area contributed by atoms with Crippen molar-refractivity contribution >= 4 is 12.2 Å². The van der Waals surface area contributed by atoms with Gasteiger partial charge in [-0.1, -0.05) is 0 Å². The molecule has 1 amide bonds. The first-order valence-corrected chi connectivity index (χ1v) is 14.1. The number of cyclic esters (lactones) is 1. The third-order valence-electron chi connectivity index (χ3n) is 4.99. The molecule has 42 heavy (non-hydrogen) atoms. The predicted octanol–water partition coefficient (Wildman–Crippen LogP) is 0.0438. The summed E-state index contributed by atoms with van der Waals surface area (Å²) in [7, 11) is 1.64. The molecule has 1 aliphatic heterocycles. The van der Waals surface area contributed by atoms with Crippen LogP contribution >= 0.6 is 0 Å². The Balaban J connectivity index is 1.64. The first-order valence-electron chi connectivity index (χ1n) is 14.1. The van der Waals surface area contributed by atoms with Crippen LogP contribution in [0.15, 0.2) is 0 Å². The Labute approximate surface area is 247 Å². The van der Waals surface area contributed by atoms with Gasteiger partial charge in [0.15, 0.2) is 6.10 Å². The molecular formula is C26H49NO15. The van der Waals surface area contributed by atoms with Crippen LogP contribution in [0.2, 0.25) is 0 Å². The highest BCUT2D eigenvalue weighted by molar-refractivity contribution is 5.69. The van der Waals surface area contributed by atoms with Crippen molar-refractivity contribution in [3.05, 3.63) is 0 Å². The van der Waals surface area contributed by atoms with Crippen LogP contribution in [-0.4, -0.2) is 171 Å². The maximum atomic E-state index is 11.4. The van der Waals surface area contributed by atoms with Crippen LogP contribution in [0.3, 0.4) is 0 Å². The molecule has 248 valence electrons. The van der Waals surface area contributed by atoms with Gasteiger partial charge in [0.05, 0.1) is 132 Å². The fourth-order valence-electron chi connectivity index (χ4n) is 2.92. The van der Waals surface area contributed by atoms with E-state index in [0.717, 1.165) is 0 Å². The molecule has 1 fully saturated rings. The lowest BCUT2D eigenvalue weighted by molar-refractivity contribution is -0.0273. The van der Waals surface area contributed by atoms with Gasteiger partial charge in [0.25, 0.3) is 0 Å². The smallest absolute Gasteiger partial charge is 0.441 e. The standard InChI is InChI=1S/C26H49NO15/c1-30-2-3-31-4-5-32-6-7-33-8-9-34-10-11-35-12-13-36-14-15-37-16-17-38-18-19-39-20-21-40-26(29)41-23-24-22-27-25(28)42-24/h24H,2-23H2,1H3,(H,27,28)/t24-/m0/s1. The van der Waals surface area contributed by atoms with E-state index in [1.165, 1.54) is 0 Å². The molecule has 0 aliphatic carbocycles. The molecule has 16 heteroatoms. The number of rotatable bonds is 32. The summed E-state index contributed by atoms with van der Waals surface area (Å²) in [5, 5.41) is 2.46. The molecule has 1 rings (SSSR count). The van der Waals surface area contributed by atoms with Gasteiger partial charge in [-0.3, -0.25) is 0 Å². The lowest BCUT2D eigenvalue weighted by Crippen LogP contribution is -2.23. The van der Waals surface area contributed by atoms with Crippen molar-refractivity contribution in [2.45, 2.75) is 6.10 Å². The molecule has 0 radical (unpaired) electrons. The second kappa shape index (κ2) is 30.6. The molecule has 0 aromatic heterocycles. The summed E-state index contributed by atoms with van der Waals surface area (Å²) in [6, 6.07) is 0. The summed E-state index contributed by atoms with van der Waals surface area (Å²) in [6.45, 7) is 9.28. The van der Waals surface area contributed by atoms with E-state index in [0.29, 0.717) is 125 Å². The van der Waals surface area contributed by atoms with Crippen LogP contribution in [0.25, 0.3) is 0 Å². The second-order valence-electron chi connectivity index (χ2n) is 8.32. The summed E-state index contributed by atoms with van der Waals surface area (Å²) < 4.78 is 67.9. The number of methoxy groups -OCH3 is 1. The summed E-state index contributed by atoms with van der Waals surface area (Å²) >= 11 is 0. The molecule has 0 aromatic carbocycles. The molecule has 1 atom stereocenters. The Bertz CT molecular complexity index is 616. The molecule has 0 aromatic rings. The van der Waals surface area contributed by atoms with Crippen LogP contribution in [0.5, 0.6) is 0 Å². The molecule has 0 unspecified atom stereocenters. The Hall–Kier alpha value is -1.86. The van der Waals surface area contributed by atoms with Crippen molar-refractivity contribution in [1.29, 1.82) is 0 Å². The normalized spacial score (nSPS) is 14.6. The number of alkyl carbamates (subject to hydrolysis) is 1. The van der Waals surface area contributed by atoms with Crippen molar-refractivity contribution in [3.8, 4) is 0 Å². The van der Waals surface area contributed by atoms with Crippen LogP contribution in [0, 0.1) is 0 Å². The van der Waals surface area contributed by atoms with E-state index in [-0.39, 0.29) is 19.8 Å². The first kappa shape index (κ1) is 38.2. The average Bonchev–Trinajstić information content (AvgIpc) is 3.42. The third-order valence-corrected chi connectivity index (χ3v) is 4.99. The van der Waals surface area contributed by atoms with E-state index in [9.17, 15) is 9.59 Å².